The van der Waals surface area contributed by atoms with Crippen molar-refractivity contribution in [2.24, 2.45) is 0 Å². The summed E-state index contributed by atoms with van der Waals surface area (Å²) in [4.78, 5) is 0. The first-order valence-corrected chi connectivity index (χ1v) is 3.97. The lowest BCUT2D eigenvalue weighted by Crippen LogP contribution is -2.10. The molecule has 0 bridgehead atoms. The van der Waals surface area contributed by atoms with E-state index < -0.39 is 0 Å². The van der Waals surface area contributed by atoms with Gasteiger partial charge in [0.15, 0.2) is 0 Å². The van der Waals surface area contributed by atoms with Gasteiger partial charge in [-0.3, -0.25) is 0 Å². The molecule has 0 unspecified atom stereocenters. The van der Waals surface area contributed by atoms with Crippen LogP contribution in [0.2, 0.25) is 0 Å². The molecule has 13 heavy (non-hydrogen) atoms. The summed E-state index contributed by atoms with van der Waals surface area (Å²) in [7, 11) is 2.88. The highest BCUT2D eigenvalue weighted by atomic mass is 16.5. The van der Waals surface area contributed by atoms with E-state index in [0.717, 1.165) is 15.7 Å². The number of rotatable bonds is 3. The molecule has 1 aromatic rings. The molecule has 0 aliphatic heterocycles. The highest BCUT2D eigenvalue weighted by Crippen LogP contribution is 2.14. The van der Waals surface area contributed by atoms with Crippen LogP contribution < -0.4 is 5.06 Å². The Hall–Kier alpha value is -1.10. The monoisotopic (exact) mass is 180 g/mol. The molecule has 4 heteroatoms. The minimum absolute atomic E-state index is 0.307. The van der Waals surface area contributed by atoms with Crippen LogP contribution in [0.4, 0.5) is 5.69 Å². The molecular weight excluding hydrogens is 168 g/mol. The third-order valence-electron chi connectivity index (χ3n) is 1.68. The zero-order chi connectivity index (χ0) is 9.84. The molecule has 1 rings (SSSR count). The molecule has 72 valence electrons. The van der Waals surface area contributed by atoms with Crippen molar-refractivity contribution in [3.63, 3.8) is 0 Å². The molecule has 0 fully saturated rings. The van der Waals surface area contributed by atoms with Gasteiger partial charge in [0, 0.05) is 12.2 Å². The summed E-state index contributed by atoms with van der Waals surface area (Å²) in [6, 6.07) is 7.01. The Kier molecular flexibility index (Phi) is 3.25. The fourth-order valence-electron chi connectivity index (χ4n) is 1.11. The molecule has 0 spiro atoms. The molecule has 0 aliphatic carbocycles. The Morgan fingerprint density at radius 1 is 1.23 bits per heavy atom. The molecule has 1 aromatic carbocycles. The normalized spacial score (nSPS) is 10.5. The minimum Gasteiger partial charge on any atom is -0.785 e. The smallest absolute Gasteiger partial charge is 0.0260 e. The topological polar surface area (TPSA) is 52.6 Å². The fourth-order valence-corrected chi connectivity index (χ4v) is 1.11. The summed E-state index contributed by atoms with van der Waals surface area (Å²) in [6.07, 6.45) is 0. The van der Waals surface area contributed by atoms with Gasteiger partial charge in [-0.2, -0.15) is 0 Å². The predicted molar refractivity (Wildman–Crippen MR) is 53.0 cm³/mol. The minimum atomic E-state index is 0.307. The number of hydrogen-bond donors (Lipinski definition) is 0. The van der Waals surface area contributed by atoms with Crippen LogP contribution in [0.25, 0.3) is 0 Å². The molecule has 0 aromatic heterocycles. The van der Waals surface area contributed by atoms with Gasteiger partial charge in [0.1, 0.15) is 0 Å². The average Bonchev–Trinajstić information content (AvgIpc) is 2.03. The van der Waals surface area contributed by atoms with Gasteiger partial charge in [-0.05, 0) is 31.8 Å². The highest BCUT2D eigenvalue weighted by molar-refractivity contribution is 5.48. The largest absolute Gasteiger partial charge is 0.785 e. The van der Waals surface area contributed by atoms with Crippen LogP contribution in [-0.2, 0) is 6.54 Å². The van der Waals surface area contributed by atoms with Gasteiger partial charge >= 0.3 is 0 Å². The van der Waals surface area contributed by atoms with E-state index in [1.807, 2.05) is 6.07 Å². The molecule has 0 saturated heterocycles. The average molecular weight is 180 g/mol. The molecule has 0 atom stereocenters. The second-order valence-corrected chi connectivity index (χ2v) is 2.95. The van der Waals surface area contributed by atoms with Crippen LogP contribution in [0.15, 0.2) is 24.3 Å². The van der Waals surface area contributed by atoms with E-state index in [1.54, 1.807) is 18.2 Å². The van der Waals surface area contributed by atoms with Crippen molar-refractivity contribution in [1.29, 1.82) is 0 Å². The summed E-state index contributed by atoms with van der Waals surface area (Å²) in [5.41, 5.74) is 1.41. The number of nitrogens with zero attached hydrogens (tertiary/aromatic N) is 2. The third-order valence-corrected chi connectivity index (χ3v) is 1.68. The summed E-state index contributed by atoms with van der Waals surface area (Å²) in [5, 5.41) is 23.2. The quantitative estimate of drug-likeness (QED) is 0.662. The van der Waals surface area contributed by atoms with Crippen molar-refractivity contribution in [1.82, 2.24) is 5.06 Å². The Bertz CT molecular complexity index is 274. The molecule has 0 amide bonds. The second kappa shape index (κ2) is 4.23. The first-order valence-electron chi connectivity index (χ1n) is 3.97. The molecule has 0 radical (unpaired) electrons. The molecule has 0 saturated carbocycles. The maximum absolute atomic E-state index is 10.9. The lowest BCUT2D eigenvalue weighted by molar-refractivity contribution is 0.453. The number of hydrogen-bond acceptors (Lipinski definition) is 4. The number of benzene rings is 1. The Balaban J connectivity index is 2.79. The Morgan fingerprint density at radius 2 is 1.92 bits per heavy atom. The highest BCUT2D eigenvalue weighted by Gasteiger charge is 1.94. The zero-order valence-electron chi connectivity index (χ0n) is 7.73. The number of hydroxylamine groups is 3. The van der Waals surface area contributed by atoms with Crippen LogP contribution in [0.1, 0.15) is 5.56 Å². The standard InChI is InChI=1S/C9H12N2O2/c1-10(12)7-8-4-3-5-9(6-8)11(2)13/h3-6H,7H2,1-2H3/q-2. The lowest BCUT2D eigenvalue weighted by Gasteiger charge is -2.27. The summed E-state index contributed by atoms with van der Waals surface area (Å²) >= 11 is 0. The van der Waals surface area contributed by atoms with Crippen LogP contribution in [0, 0.1) is 10.4 Å². The van der Waals surface area contributed by atoms with Crippen molar-refractivity contribution in [2.45, 2.75) is 6.54 Å². The van der Waals surface area contributed by atoms with E-state index in [-0.39, 0.29) is 0 Å². The van der Waals surface area contributed by atoms with Crippen LogP contribution in [0.3, 0.4) is 0 Å². The van der Waals surface area contributed by atoms with Crippen LogP contribution in [-0.4, -0.2) is 19.2 Å². The van der Waals surface area contributed by atoms with E-state index >= 15 is 0 Å². The Labute approximate surface area is 77.5 Å². The first kappa shape index (κ1) is 9.98. The van der Waals surface area contributed by atoms with Crippen molar-refractivity contribution < 1.29 is 0 Å². The maximum atomic E-state index is 10.9. The van der Waals surface area contributed by atoms with Crippen molar-refractivity contribution >= 4 is 5.69 Å². The van der Waals surface area contributed by atoms with Gasteiger partial charge < -0.3 is 20.5 Å². The van der Waals surface area contributed by atoms with Gasteiger partial charge in [0.2, 0.25) is 0 Å². The van der Waals surface area contributed by atoms with E-state index in [4.69, 9.17) is 0 Å². The third kappa shape index (κ3) is 3.02. The van der Waals surface area contributed by atoms with Gasteiger partial charge in [-0.1, -0.05) is 12.1 Å². The second-order valence-electron chi connectivity index (χ2n) is 2.95. The molecule has 4 nitrogen and oxygen atoms in total. The molecule has 0 N–H and O–H groups in total. The van der Waals surface area contributed by atoms with Crippen molar-refractivity contribution in [2.75, 3.05) is 19.2 Å². The van der Waals surface area contributed by atoms with Crippen LogP contribution >= 0.6 is 0 Å². The Morgan fingerprint density at radius 3 is 2.46 bits per heavy atom. The van der Waals surface area contributed by atoms with Gasteiger partial charge in [-0.15, -0.1) is 0 Å². The van der Waals surface area contributed by atoms with Gasteiger partial charge in [-0.25, -0.2) is 0 Å². The summed E-state index contributed by atoms with van der Waals surface area (Å²) < 4.78 is 0. The summed E-state index contributed by atoms with van der Waals surface area (Å²) in [6.45, 7) is 0.307. The van der Waals surface area contributed by atoms with Gasteiger partial charge in [0.05, 0.1) is 0 Å². The first-order chi connectivity index (χ1) is 6.09. The maximum Gasteiger partial charge on any atom is 0.0260 e. The van der Waals surface area contributed by atoms with E-state index in [9.17, 15) is 10.4 Å². The van der Waals surface area contributed by atoms with E-state index in [0.29, 0.717) is 12.2 Å². The predicted octanol–water partition coefficient (Wildman–Crippen LogP) is 1.55. The van der Waals surface area contributed by atoms with Crippen molar-refractivity contribution in [3.05, 3.63) is 40.2 Å². The fraction of sp³-hybridized carbons (Fsp3) is 0.333. The molecular formula is C9H12N2O2-2. The lowest BCUT2D eigenvalue weighted by atomic mass is 10.2. The molecule has 0 aliphatic rings. The summed E-state index contributed by atoms with van der Waals surface area (Å²) in [5.74, 6) is 0. The van der Waals surface area contributed by atoms with Gasteiger partial charge in [0.25, 0.3) is 0 Å². The SMILES string of the molecule is CN([O-])Cc1cccc(N(C)[O-])c1. The van der Waals surface area contributed by atoms with E-state index in [1.165, 1.54) is 14.1 Å². The van der Waals surface area contributed by atoms with Crippen molar-refractivity contribution in [3.8, 4) is 0 Å². The molecule has 0 heterocycles. The number of anilines is 1. The van der Waals surface area contributed by atoms with E-state index in [2.05, 4.69) is 0 Å². The zero-order valence-corrected chi connectivity index (χ0v) is 7.73. The van der Waals surface area contributed by atoms with Crippen LogP contribution in [0.5, 0.6) is 0 Å².